The molecule has 0 atom stereocenters. The summed E-state index contributed by atoms with van der Waals surface area (Å²) >= 11 is 0. The first-order chi connectivity index (χ1) is 13.8. The van der Waals surface area contributed by atoms with Crippen molar-refractivity contribution in [1.82, 2.24) is 10.2 Å². The van der Waals surface area contributed by atoms with Crippen molar-refractivity contribution in [2.24, 2.45) is 0 Å². The molecular weight excluding hydrogens is 392 g/mol. The number of carbonyl (C=O) groups is 1. The molecule has 1 aromatic heterocycles. The lowest BCUT2D eigenvalue weighted by molar-refractivity contribution is 0.102. The van der Waals surface area contributed by atoms with E-state index < -0.39 is 15.9 Å². The number of aromatic amines is 1. The lowest BCUT2D eigenvalue weighted by atomic mass is 10.1. The first kappa shape index (κ1) is 20.4. The zero-order valence-corrected chi connectivity index (χ0v) is 17.1. The van der Waals surface area contributed by atoms with Gasteiger partial charge in [-0.1, -0.05) is 12.1 Å². The molecule has 0 saturated heterocycles. The Balaban J connectivity index is 1.73. The van der Waals surface area contributed by atoms with Gasteiger partial charge in [-0.25, -0.2) is 0 Å². The molecule has 0 spiro atoms. The summed E-state index contributed by atoms with van der Waals surface area (Å²) < 4.78 is 32.9. The van der Waals surface area contributed by atoms with Crippen molar-refractivity contribution in [2.45, 2.75) is 25.8 Å². The summed E-state index contributed by atoms with van der Waals surface area (Å²) in [5, 5.41) is 8.78. The van der Waals surface area contributed by atoms with Gasteiger partial charge in [-0.15, -0.1) is 0 Å². The monoisotopic (exact) mass is 414 g/mol. The second kappa shape index (κ2) is 8.36. The summed E-state index contributed by atoms with van der Waals surface area (Å²) in [6, 6.07) is 13.3. The Morgan fingerprint density at radius 1 is 1.14 bits per heavy atom. The highest BCUT2D eigenvalue weighted by molar-refractivity contribution is 7.92. The highest BCUT2D eigenvalue weighted by Gasteiger charge is 2.20. The molecule has 8 nitrogen and oxygen atoms in total. The van der Waals surface area contributed by atoms with Gasteiger partial charge in [-0.05, 0) is 62.2 Å². The summed E-state index contributed by atoms with van der Waals surface area (Å²) in [6.07, 6.45) is 0. The van der Waals surface area contributed by atoms with Crippen LogP contribution in [-0.4, -0.2) is 31.1 Å². The number of nitrogens with one attached hydrogen (secondary N) is 3. The van der Waals surface area contributed by atoms with Gasteiger partial charge in [0.1, 0.15) is 5.75 Å². The maximum Gasteiger partial charge on any atom is 0.278 e. The molecule has 2 aromatic carbocycles. The highest BCUT2D eigenvalue weighted by Crippen LogP contribution is 2.21. The Hall–Kier alpha value is -3.33. The van der Waals surface area contributed by atoms with E-state index in [2.05, 4.69) is 20.2 Å². The average molecular weight is 414 g/mol. The van der Waals surface area contributed by atoms with Crippen LogP contribution >= 0.6 is 0 Å². The number of hydrogen-bond donors (Lipinski definition) is 3. The van der Waals surface area contributed by atoms with Crippen molar-refractivity contribution in [1.29, 1.82) is 0 Å². The van der Waals surface area contributed by atoms with Gasteiger partial charge in [0.25, 0.3) is 15.9 Å². The number of aromatic nitrogens is 2. The first-order valence-electron chi connectivity index (χ1n) is 8.99. The normalized spacial score (nSPS) is 11.1. The van der Waals surface area contributed by atoms with Gasteiger partial charge in [-0.3, -0.25) is 14.6 Å². The highest BCUT2D eigenvalue weighted by atomic mass is 32.2. The van der Waals surface area contributed by atoms with Crippen LogP contribution in [-0.2, 0) is 10.0 Å². The van der Waals surface area contributed by atoms with E-state index in [1.165, 1.54) is 6.07 Å². The molecule has 152 valence electrons. The largest absolute Gasteiger partial charge is 0.494 e. The Labute approximate surface area is 169 Å². The number of aryl methyl sites for hydroxylation is 1. The molecule has 3 N–H and O–H groups in total. The van der Waals surface area contributed by atoms with Crippen molar-refractivity contribution >= 4 is 27.3 Å². The predicted molar refractivity (Wildman–Crippen MR) is 111 cm³/mol. The number of benzene rings is 2. The molecule has 9 heteroatoms. The van der Waals surface area contributed by atoms with Crippen LogP contribution in [0.2, 0.25) is 0 Å². The quantitative estimate of drug-likeness (QED) is 0.548. The Kier molecular flexibility index (Phi) is 5.88. The first-order valence-corrected chi connectivity index (χ1v) is 10.5. The number of nitrogens with zero attached hydrogens (tertiary/aromatic N) is 1. The average Bonchev–Trinajstić information content (AvgIpc) is 3.18. The van der Waals surface area contributed by atoms with Crippen molar-refractivity contribution < 1.29 is 17.9 Å². The van der Waals surface area contributed by atoms with Crippen LogP contribution in [0.25, 0.3) is 0 Å². The van der Waals surface area contributed by atoms with E-state index in [0.29, 0.717) is 23.7 Å². The van der Waals surface area contributed by atoms with Crippen LogP contribution in [0, 0.1) is 13.8 Å². The van der Waals surface area contributed by atoms with Gasteiger partial charge >= 0.3 is 0 Å². The number of sulfonamides is 1. The third kappa shape index (κ3) is 4.75. The topological polar surface area (TPSA) is 113 Å². The number of rotatable bonds is 7. The molecule has 3 aromatic rings. The summed E-state index contributed by atoms with van der Waals surface area (Å²) in [7, 11) is -3.93. The molecule has 0 aliphatic carbocycles. The summed E-state index contributed by atoms with van der Waals surface area (Å²) in [5.41, 5.74) is 2.95. The molecule has 0 radical (unpaired) electrons. The fraction of sp³-hybridized carbons (Fsp3) is 0.200. The second-order valence-corrected chi connectivity index (χ2v) is 8.03. The van der Waals surface area contributed by atoms with Gasteiger partial charge < -0.3 is 10.1 Å². The van der Waals surface area contributed by atoms with Gasteiger partial charge in [0.2, 0.25) is 0 Å². The summed E-state index contributed by atoms with van der Waals surface area (Å²) in [4.78, 5) is 12.5. The van der Waals surface area contributed by atoms with Gasteiger partial charge in [0.15, 0.2) is 10.7 Å². The van der Waals surface area contributed by atoms with E-state index in [-0.39, 0.29) is 10.7 Å². The maximum atomic E-state index is 12.6. The zero-order chi connectivity index (χ0) is 21.0. The third-order valence-electron chi connectivity index (χ3n) is 4.35. The van der Waals surface area contributed by atoms with E-state index in [1.807, 2.05) is 32.9 Å². The lowest BCUT2D eigenvalue weighted by Gasteiger charge is -2.09. The van der Waals surface area contributed by atoms with Crippen molar-refractivity contribution in [2.75, 3.05) is 16.6 Å². The van der Waals surface area contributed by atoms with E-state index in [4.69, 9.17) is 4.74 Å². The van der Waals surface area contributed by atoms with Crippen LogP contribution in [0.4, 0.5) is 11.4 Å². The van der Waals surface area contributed by atoms with E-state index in [1.54, 1.807) is 30.3 Å². The number of carbonyl (C=O) groups excluding carboxylic acids is 1. The number of amides is 1. The molecule has 0 unspecified atom stereocenters. The summed E-state index contributed by atoms with van der Waals surface area (Å²) in [6.45, 7) is 6.22. The number of anilines is 2. The SMILES string of the molecule is CCOc1ccc(NS(=O)(=O)c2cc(C(=O)Nc3cccc(C)c3C)n[nH]2)cc1. The Morgan fingerprint density at radius 3 is 2.55 bits per heavy atom. The Morgan fingerprint density at radius 2 is 1.86 bits per heavy atom. The molecule has 0 aliphatic rings. The van der Waals surface area contributed by atoms with E-state index >= 15 is 0 Å². The van der Waals surface area contributed by atoms with E-state index in [0.717, 1.165) is 11.1 Å². The van der Waals surface area contributed by atoms with Crippen LogP contribution in [0.1, 0.15) is 28.5 Å². The third-order valence-corrected chi connectivity index (χ3v) is 5.64. The Bertz CT molecular complexity index is 1120. The van der Waals surface area contributed by atoms with Crippen LogP contribution < -0.4 is 14.8 Å². The van der Waals surface area contributed by atoms with Gasteiger partial charge in [0.05, 0.1) is 6.61 Å². The minimum absolute atomic E-state index is 0.0297. The molecule has 29 heavy (non-hydrogen) atoms. The van der Waals surface area contributed by atoms with Crippen LogP contribution in [0.15, 0.2) is 53.6 Å². The maximum absolute atomic E-state index is 12.6. The van der Waals surface area contributed by atoms with Gasteiger partial charge in [0, 0.05) is 17.4 Å². The lowest BCUT2D eigenvalue weighted by Crippen LogP contribution is -2.14. The molecule has 0 fully saturated rings. The molecule has 3 rings (SSSR count). The van der Waals surface area contributed by atoms with Crippen LogP contribution in [0.5, 0.6) is 5.75 Å². The molecule has 1 amide bonds. The van der Waals surface area contributed by atoms with Gasteiger partial charge in [-0.2, -0.15) is 13.5 Å². The van der Waals surface area contributed by atoms with Crippen LogP contribution in [0.3, 0.4) is 0 Å². The smallest absolute Gasteiger partial charge is 0.278 e. The molecule has 0 saturated carbocycles. The second-order valence-electron chi connectivity index (χ2n) is 6.38. The number of ether oxygens (including phenoxy) is 1. The minimum atomic E-state index is -3.93. The molecule has 0 aliphatic heterocycles. The zero-order valence-electron chi connectivity index (χ0n) is 16.3. The molecule has 0 bridgehead atoms. The summed E-state index contributed by atoms with van der Waals surface area (Å²) in [5.74, 6) is 0.139. The van der Waals surface area contributed by atoms with Crippen molar-refractivity contribution in [3.63, 3.8) is 0 Å². The van der Waals surface area contributed by atoms with Crippen molar-refractivity contribution in [3.05, 3.63) is 65.4 Å². The minimum Gasteiger partial charge on any atom is -0.494 e. The number of H-pyrrole nitrogens is 1. The molecule has 1 heterocycles. The standard InChI is InChI=1S/C20H22N4O4S/c1-4-28-16-10-8-15(9-11-16)24-29(26,27)19-12-18(22-23-19)20(25)21-17-7-5-6-13(2)14(17)3/h5-12,24H,4H2,1-3H3,(H,21,25)(H,22,23). The molecular formula is C20H22N4O4S. The fourth-order valence-corrected chi connectivity index (χ4v) is 3.62. The van der Waals surface area contributed by atoms with E-state index in [9.17, 15) is 13.2 Å². The predicted octanol–water partition coefficient (Wildman–Crippen LogP) is 3.48. The fourth-order valence-electron chi connectivity index (χ4n) is 2.63. The van der Waals surface area contributed by atoms with Crippen molar-refractivity contribution in [3.8, 4) is 5.75 Å². The number of hydrogen-bond acceptors (Lipinski definition) is 5.